The lowest BCUT2D eigenvalue weighted by atomic mass is 9.94. The summed E-state index contributed by atoms with van der Waals surface area (Å²) in [5.41, 5.74) is 0.828. The Labute approximate surface area is 102 Å². The monoisotopic (exact) mass is 233 g/mol. The van der Waals surface area contributed by atoms with Gasteiger partial charge < -0.3 is 15.5 Å². The quantitative estimate of drug-likeness (QED) is 0.700. The first-order valence-corrected chi connectivity index (χ1v) is 6.12. The second kappa shape index (κ2) is 5.73. The molecule has 1 aliphatic carbocycles. The summed E-state index contributed by atoms with van der Waals surface area (Å²) in [7, 11) is 0. The predicted molar refractivity (Wildman–Crippen MR) is 68.0 cm³/mol. The van der Waals surface area contributed by atoms with Crippen LogP contribution < -0.4 is 5.32 Å². The highest BCUT2D eigenvalue weighted by Gasteiger charge is 2.09. The van der Waals surface area contributed by atoms with Crippen LogP contribution in [0.15, 0.2) is 30.4 Å². The lowest BCUT2D eigenvalue weighted by molar-refractivity contribution is 0.426. The van der Waals surface area contributed by atoms with Crippen LogP contribution in [0.3, 0.4) is 0 Å². The highest BCUT2D eigenvalue weighted by molar-refractivity contribution is 5.38. The van der Waals surface area contributed by atoms with Crippen molar-refractivity contribution in [2.24, 2.45) is 5.92 Å². The maximum Gasteiger partial charge on any atom is 0.123 e. The molecule has 0 radical (unpaired) electrons. The number of hydrogen-bond donors (Lipinski definition) is 3. The van der Waals surface area contributed by atoms with Crippen molar-refractivity contribution < 1.29 is 10.2 Å². The molecule has 0 aromatic heterocycles. The third-order valence-electron chi connectivity index (χ3n) is 3.20. The van der Waals surface area contributed by atoms with Gasteiger partial charge in [0.2, 0.25) is 0 Å². The summed E-state index contributed by atoms with van der Waals surface area (Å²) in [6, 6.07) is 4.72. The van der Waals surface area contributed by atoms with E-state index in [1.807, 2.05) is 0 Å². The molecule has 3 N–H and O–H groups in total. The van der Waals surface area contributed by atoms with Gasteiger partial charge in [0.05, 0.1) is 0 Å². The van der Waals surface area contributed by atoms with Crippen LogP contribution in [0.2, 0.25) is 0 Å². The SMILES string of the molecule is Oc1ccc(CNCC2CC=CCC2)c(O)c1. The van der Waals surface area contributed by atoms with Gasteiger partial charge in [0, 0.05) is 18.2 Å². The molecule has 92 valence electrons. The van der Waals surface area contributed by atoms with Gasteiger partial charge in [-0.25, -0.2) is 0 Å². The molecule has 1 atom stereocenters. The van der Waals surface area contributed by atoms with Crippen molar-refractivity contribution in [2.75, 3.05) is 6.54 Å². The van der Waals surface area contributed by atoms with Gasteiger partial charge in [-0.1, -0.05) is 18.2 Å². The predicted octanol–water partition coefficient (Wildman–Crippen LogP) is 2.54. The number of aromatic hydroxyl groups is 2. The Balaban J connectivity index is 1.79. The average Bonchev–Trinajstić information content (AvgIpc) is 2.33. The molecule has 0 aliphatic heterocycles. The summed E-state index contributed by atoms with van der Waals surface area (Å²) in [5.74, 6) is 0.962. The summed E-state index contributed by atoms with van der Waals surface area (Å²) in [4.78, 5) is 0. The van der Waals surface area contributed by atoms with Gasteiger partial charge in [-0.15, -0.1) is 0 Å². The van der Waals surface area contributed by atoms with Gasteiger partial charge in [-0.3, -0.25) is 0 Å². The van der Waals surface area contributed by atoms with Gasteiger partial charge >= 0.3 is 0 Å². The molecule has 0 spiro atoms. The molecule has 0 bridgehead atoms. The maximum atomic E-state index is 9.62. The van der Waals surface area contributed by atoms with Crippen molar-refractivity contribution >= 4 is 0 Å². The van der Waals surface area contributed by atoms with Crippen LogP contribution in [0.25, 0.3) is 0 Å². The smallest absolute Gasteiger partial charge is 0.123 e. The highest BCUT2D eigenvalue weighted by atomic mass is 16.3. The van der Waals surface area contributed by atoms with Crippen LogP contribution in [-0.4, -0.2) is 16.8 Å². The van der Waals surface area contributed by atoms with Crippen molar-refractivity contribution in [3.63, 3.8) is 0 Å². The van der Waals surface area contributed by atoms with E-state index in [0.717, 1.165) is 18.5 Å². The van der Waals surface area contributed by atoms with Crippen LogP contribution in [0, 0.1) is 5.92 Å². The van der Waals surface area contributed by atoms with Crippen molar-refractivity contribution in [1.29, 1.82) is 0 Å². The molecule has 3 heteroatoms. The number of benzene rings is 1. The first kappa shape index (κ1) is 12.0. The van der Waals surface area contributed by atoms with Gasteiger partial charge in [0.1, 0.15) is 11.5 Å². The number of rotatable bonds is 4. The van der Waals surface area contributed by atoms with E-state index in [1.165, 1.54) is 18.9 Å². The van der Waals surface area contributed by atoms with Gasteiger partial charge in [0.25, 0.3) is 0 Å². The summed E-state index contributed by atoms with van der Waals surface area (Å²) in [5, 5.41) is 22.2. The highest BCUT2D eigenvalue weighted by Crippen LogP contribution is 2.22. The Morgan fingerprint density at radius 2 is 2.12 bits per heavy atom. The van der Waals surface area contributed by atoms with E-state index < -0.39 is 0 Å². The molecule has 0 saturated heterocycles. The van der Waals surface area contributed by atoms with Crippen LogP contribution in [0.1, 0.15) is 24.8 Å². The van der Waals surface area contributed by atoms with Crippen molar-refractivity contribution in [2.45, 2.75) is 25.8 Å². The standard InChI is InChI=1S/C14H19NO2/c16-13-7-6-12(14(17)8-13)10-15-9-11-4-2-1-3-5-11/h1-2,6-8,11,15-17H,3-5,9-10H2. The fourth-order valence-electron chi connectivity index (χ4n) is 2.15. The Hall–Kier alpha value is -1.48. The molecule has 0 amide bonds. The molecular weight excluding hydrogens is 214 g/mol. The molecule has 17 heavy (non-hydrogen) atoms. The first-order valence-electron chi connectivity index (χ1n) is 6.12. The largest absolute Gasteiger partial charge is 0.508 e. The number of phenolic OH excluding ortho intramolecular Hbond substituents is 2. The maximum absolute atomic E-state index is 9.62. The average molecular weight is 233 g/mol. The number of hydrogen-bond acceptors (Lipinski definition) is 3. The third kappa shape index (κ3) is 3.49. The van der Waals surface area contributed by atoms with Gasteiger partial charge in [-0.2, -0.15) is 0 Å². The molecule has 3 nitrogen and oxygen atoms in total. The van der Waals surface area contributed by atoms with E-state index in [-0.39, 0.29) is 11.5 Å². The van der Waals surface area contributed by atoms with Crippen LogP contribution in [0.4, 0.5) is 0 Å². The Bertz CT molecular complexity index is 401. The normalized spacial score (nSPS) is 19.4. The van der Waals surface area contributed by atoms with Crippen molar-refractivity contribution in [3.05, 3.63) is 35.9 Å². The van der Waals surface area contributed by atoms with Crippen molar-refractivity contribution in [3.8, 4) is 11.5 Å². The topological polar surface area (TPSA) is 52.5 Å². The van der Waals surface area contributed by atoms with E-state index in [9.17, 15) is 10.2 Å². The minimum atomic E-state index is 0.101. The molecule has 0 fully saturated rings. The lowest BCUT2D eigenvalue weighted by Crippen LogP contribution is -2.23. The fraction of sp³-hybridized carbons (Fsp3) is 0.429. The molecule has 1 unspecified atom stereocenters. The molecule has 1 aliphatic rings. The van der Waals surface area contributed by atoms with E-state index in [2.05, 4.69) is 17.5 Å². The summed E-state index contributed by atoms with van der Waals surface area (Å²) in [6.45, 7) is 1.62. The molecule has 2 rings (SSSR count). The van der Waals surface area contributed by atoms with E-state index in [0.29, 0.717) is 12.5 Å². The van der Waals surface area contributed by atoms with Crippen LogP contribution in [-0.2, 0) is 6.54 Å². The number of allylic oxidation sites excluding steroid dienone is 2. The molecule has 1 aromatic carbocycles. The zero-order valence-electron chi connectivity index (χ0n) is 9.89. The molecular formula is C14H19NO2. The second-order valence-corrected chi connectivity index (χ2v) is 4.59. The summed E-state index contributed by atoms with van der Waals surface area (Å²) >= 11 is 0. The van der Waals surface area contributed by atoms with E-state index >= 15 is 0 Å². The minimum absolute atomic E-state index is 0.101. The van der Waals surface area contributed by atoms with Gasteiger partial charge in [0.15, 0.2) is 0 Å². The molecule has 1 aromatic rings. The Morgan fingerprint density at radius 1 is 1.24 bits per heavy atom. The van der Waals surface area contributed by atoms with Gasteiger partial charge in [-0.05, 0) is 37.8 Å². The van der Waals surface area contributed by atoms with E-state index in [1.54, 1.807) is 12.1 Å². The minimum Gasteiger partial charge on any atom is -0.508 e. The number of phenols is 2. The number of nitrogens with one attached hydrogen (secondary N) is 1. The zero-order chi connectivity index (χ0) is 12.1. The lowest BCUT2D eigenvalue weighted by Gasteiger charge is -2.18. The summed E-state index contributed by atoms with van der Waals surface area (Å²) in [6.07, 6.45) is 8.05. The van der Waals surface area contributed by atoms with Crippen molar-refractivity contribution in [1.82, 2.24) is 5.32 Å². The summed E-state index contributed by atoms with van der Waals surface area (Å²) < 4.78 is 0. The van der Waals surface area contributed by atoms with Crippen LogP contribution in [0.5, 0.6) is 11.5 Å². The molecule has 0 saturated carbocycles. The second-order valence-electron chi connectivity index (χ2n) is 4.59. The van der Waals surface area contributed by atoms with E-state index in [4.69, 9.17) is 0 Å². The Kier molecular flexibility index (Phi) is 4.04. The Morgan fingerprint density at radius 3 is 2.82 bits per heavy atom. The zero-order valence-corrected chi connectivity index (χ0v) is 9.89. The first-order chi connectivity index (χ1) is 8.25. The fourth-order valence-corrected chi connectivity index (χ4v) is 2.15. The molecule has 0 heterocycles. The third-order valence-corrected chi connectivity index (χ3v) is 3.20. The van der Waals surface area contributed by atoms with Crippen LogP contribution >= 0.6 is 0 Å².